The second-order valence-corrected chi connectivity index (χ2v) is 4.60. The Balaban J connectivity index is 3.28. The highest BCUT2D eigenvalue weighted by Crippen LogP contribution is 2.06. The predicted octanol–water partition coefficient (Wildman–Crippen LogP) is 2.16. The van der Waals surface area contributed by atoms with Crippen molar-refractivity contribution in [2.75, 3.05) is 26.4 Å². The lowest BCUT2D eigenvalue weighted by atomic mass is 10.2. The first-order valence-electron chi connectivity index (χ1n) is 5.83. The summed E-state index contributed by atoms with van der Waals surface area (Å²) in [6, 6.07) is 0. The zero-order valence-corrected chi connectivity index (χ0v) is 10.9. The number of carbonyl (C=O) groups is 1. The molecular weight excluding hydrogens is 208 g/mol. The molecule has 0 N–H and O–H groups in total. The van der Waals surface area contributed by atoms with Crippen LogP contribution in [0.2, 0.25) is 0 Å². The Hall–Kier alpha value is -0.610. The van der Waals surface area contributed by atoms with Gasteiger partial charge in [0.2, 0.25) is 0 Å². The summed E-state index contributed by atoms with van der Waals surface area (Å²) in [5.41, 5.74) is -0.440. The molecular formula is C12H24O4. The summed E-state index contributed by atoms with van der Waals surface area (Å²) in [6.45, 7) is 9.59. The third-order valence-corrected chi connectivity index (χ3v) is 1.57. The predicted molar refractivity (Wildman–Crippen MR) is 62.4 cm³/mol. The fraction of sp³-hybridized carbons (Fsp3) is 0.917. The molecule has 0 rings (SSSR count). The van der Waals surface area contributed by atoms with Crippen LogP contribution in [0.3, 0.4) is 0 Å². The quantitative estimate of drug-likeness (QED) is 0.475. The molecule has 0 saturated carbocycles. The first-order valence-corrected chi connectivity index (χ1v) is 5.83. The van der Waals surface area contributed by atoms with E-state index in [0.717, 1.165) is 19.4 Å². The van der Waals surface area contributed by atoms with Gasteiger partial charge < -0.3 is 14.2 Å². The number of rotatable bonds is 8. The summed E-state index contributed by atoms with van der Waals surface area (Å²) in [4.78, 5) is 11.2. The largest absolute Gasteiger partial charge is 0.458 e. The Morgan fingerprint density at radius 1 is 1.06 bits per heavy atom. The van der Waals surface area contributed by atoms with E-state index in [1.165, 1.54) is 0 Å². The minimum Gasteiger partial charge on any atom is -0.458 e. The van der Waals surface area contributed by atoms with Crippen LogP contribution < -0.4 is 0 Å². The van der Waals surface area contributed by atoms with Gasteiger partial charge in [0.15, 0.2) is 0 Å². The van der Waals surface area contributed by atoms with Crippen molar-refractivity contribution >= 4 is 5.97 Å². The van der Waals surface area contributed by atoms with Gasteiger partial charge in [0.05, 0.1) is 0 Å². The molecule has 0 atom stereocenters. The molecule has 0 amide bonds. The summed E-state index contributed by atoms with van der Waals surface area (Å²) in [6.07, 6.45) is 1.83. The fourth-order valence-corrected chi connectivity index (χ4v) is 1.04. The smallest absolute Gasteiger partial charge is 0.332 e. The molecule has 0 aromatic rings. The lowest BCUT2D eigenvalue weighted by Gasteiger charge is -2.19. The zero-order valence-electron chi connectivity index (χ0n) is 10.9. The summed E-state index contributed by atoms with van der Waals surface area (Å²) in [7, 11) is 0. The van der Waals surface area contributed by atoms with Crippen molar-refractivity contribution in [3.63, 3.8) is 0 Å². The van der Waals surface area contributed by atoms with Crippen LogP contribution >= 0.6 is 0 Å². The summed E-state index contributed by atoms with van der Waals surface area (Å²) in [5.74, 6) is -0.318. The third kappa shape index (κ3) is 11.5. The number of esters is 1. The fourth-order valence-electron chi connectivity index (χ4n) is 1.04. The number of hydrogen-bond acceptors (Lipinski definition) is 4. The Morgan fingerprint density at radius 2 is 1.69 bits per heavy atom. The average molecular weight is 232 g/mol. The van der Waals surface area contributed by atoms with Gasteiger partial charge in [-0.15, -0.1) is 0 Å². The molecule has 0 fully saturated rings. The minimum atomic E-state index is -0.440. The van der Waals surface area contributed by atoms with Gasteiger partial charge in [-0.2, -0.15) is 0 Å². The van der Waals surface area contributed by atoms with Crippen LogP contribution in [-0.4, -0.2) is 38.0 Å². The van der Waals surface area contributed by atoms with Crippen molar-refractivity contribution in [2.45, 2.75) is 46.1 Å². The Bertz CT molecular complexity index is 184. The molecule has 0 aliphatic rings. The number of ether oxygens (including phenoxy) is 3. The van der Waals surface area contributed by atoms with Gasteiger partial charge in [-0.05, 0) is 33.6 Å². The minimum absolute atomic E-state index is 0.0189. The third-order valence-electron chi connectivity index (χ3n) is 1.57. The van der Waals surface area contributed by atoms with Crippen LogP contribution in [0.4, 0.5) is 0 Å². The highest BCUT2D eigenvalue weighted by atomic mass is 16.6. The highest BCUT2D eigenvalue weighted by Gasteiger charge is 2.15. The summed E-state index contributed by atoms with van der Waals surface area (Å²) >= 11 is 0. The van der Waals surface area contributed by atoms with E-state index in [-0.39, 0.29) is 12.6 Å². The van der Waals surface area contributed by atoms with Crippen LogP contribution in [0.5, 0.6) is 0 Å². The van der Waals surface area contributed by atoms with Gasteiger partial charge in [0.1, 0.15) is 12.2 Å². The first kappa shape index (κ1) is 15.4. The van der Waals surface area contributed by atoms with E-state index in [9.17, 15) is 4.79 Å². The normalized spacial score (nSPS) is 11.5. The standard InChI is InChI=1S/C12H24O4/c1-5-7-14-8-6-9-15-10-11(13)16-12(2,3)4/h5-10H2,1-4H3. The topological polar surface area (TPSA) is 44.8 Å². The molecule has 0 aliphatic heterocycles. The maximum Gasteiger partial charge on any atom is 0.332 e. The zero-order chi connectivity index (χ0) is 12.4. The van der Waals surface area contributed by atoms with Crippen LogP contribution in [-0.2, 0) is 19.0 Å². The van der Waals surface area contributed by atoms with Crippen LogP contribution in [0, 0.1) is 0 Å². The van der Waals surface area contributed by atoms with Crippen LogP contribution in [0.1, 0.15) is 40.5 Å². The van der Waals surface area contributed by atoms with E-state index in [1.54, 1.807) is 0 Å². The van der Waals surface area contributed by atoms with E-state index in [2.05, 4.69) is 6.92 Å². The van der Waals surface area contributed by atoms with Gasteiger partial charge in [-0.25, -0.2) is 4.79 Å². The average Bonchev–Trinajstić information content (AvgIpc) is 2.13. The lowest BCUT2D eigenvalue weighted by molar-refractivity contribution is -0.160. The molecule has 0 spiro atoms. The van der Waals surface area contributed by atoms with Crippen molar-refractivity contribution in [3.05, 3.63) is 0 Å². The van der Waals surface area contributed by atoms with Crippen molar-refractivity contribution in [1.82, 2.24) is 0 Å². The molecule has 4 heteroatoms. The second kappa shape index (κ2) is 8.53. The number of hydrogen-bond donors (Lipinski definition) is 0. The summed E-state index contributed by atoms with van der Waals surface area (Å²) < 4.78 is 15.5. The maximum absolute atomic E-state index is 11.2. The molecule has 0 aliphatic carbocycles. The van der Waals surface area contributed by atoms with Gasteiger partial charge in [0, 0.05) is 19.8 Å². The second-order valence-electron chi connectivity index (χ2n) is 4.60. The SMILES string of the molecule is CCCOCCCOCC(=O)OC(C)(C)C. The summed E-state index contributed by atoms with van der Waals surface area (Å²) in [5, 5.41) is 0. The highest BCUT2D eigenvalue weighted by molar-refractivity contribution is 5.71. The first-order chi connectivity index (χ1) is 7.45. The monoisotopic (exact) mass is 232 g/mol. The number of carbonyl (C=O) groups excluding carboxylic acids is 1. The van der Waals surface area contributed by atoms with Crippen molar-refractivity contribution in [3.8, 4) is 0 Å². The van der Waals surface area contributed by atoms with E-state index in [4.69, 9.17) is 14.2 Å². The van der Waals surface area contributed by atoms with E-state index in [1.807, 2.05) is 20.8 Å². The molecule has 0 saturated heterocycles. The van der Waals surface area contributed by atoms with Crippen molar-refractivity contribution < 1.29 is 19.0 Å². The molecule has 4 nitrogen and oxygen atoms in total. The molecule has 0 aromatic carbocycles. The molecule has 96 valence electrons. The van der Waals surface area contributed by atoms with Gasteiger partial charge in [0.25, 0.3) is 0 Å². The van der Waals surface area contributed by atoms with E-state index < -0.39 is 5.60 Å². The molecule has 16 heavy (non-hydrogen) atoms. The molecule has 0 heterocycles. The van der Waals surface area contributed by atoms with Gasteiger partial charge in [-0.3, -0.25) is 0 Å². The van der Waals surface area contributed by atoms with Gasteiger partial charge >= 0.3 is 5.97 Å². The van der Waals surface area contributed by atoms with Crippen LogP contribution in [0.15, 0.2) is 0 Å². The van der Waals surface area contributed by atoms with Gasteiger partial charge in [-0.1, -0.05) is 6.92 Å². The molecule has 0 unspecified atom stereocenters. The van der Waals surface area contributed by atoms with E-state index >= 15 is 0 Å². The molecule has 0 aromatic heterocycles. The van der Waals surface area contributed by atoms with Crippen molar-refractivity contribution in [2.24, 2.45) is 0 Å². The molecule has 0 radical (unpaired) electrons. The molecule has 0 bridgehead atoms. The maximum atomic E-state index is 11.2. The van der Waals surface area contributed by atoms with E-state index in [0.29, 0.717) is 13.2 Å². The lowest BCUT2D eigenvalue weighted by Crippen LogP contribution is -2.26. The Morgan fingerprint density at radius 3 is 2.25 bits per heavy atom. The van der Waals surface area contributed by atoms with Crippen LogP contribution in [0.25, 0.3) is 0 Å². The Labute approximate surface area is 98.3 Å². The van der Waals surface area contributed by atoms with Crippen molar-refractivity contribution in [1.29, 1.82) is 0 Å². The Kier molecular flexibility index (Phi) is 8.21.